The van der Waals surface area contributed by atoms with Gasteiger partial charge in [0.15, 0.2) is 0 Å². The molecule has 0 amide bonds. The Morgan fingerprint density at radius 1 is 1.38 bits per heavy atom. The zero-order chi connectivity index (χ0) is 21.9. The first-order valence-corrected chi connectivity index (χ1v) is 10.6. The first-order chi connectivity index (χ1) is 13.4. The van der Waals surface area contributed by atoms with Crippen LogP contribution in [0.4, 0.5) is 13.2 Å². The Hall–Kier alpha value is -1.20. The van der Waals surface area contributed by atoms with Gasteiger partial charge in [-0.25, -0.2) is 4.79 Å². The lowest BCUT2D eigenvalue weighted by molar-refractivity contribution is -0.189. The van der Waals surface area contributed by atoms with E-state index in [1.807, 2.05) is 36.4 Å². The molecule has 1 aromatic carbocycles. The molecule has 0 saturated heterocycles. The van der Waals surface area contributed by atoms with Gasteiger partial charge in [0.25, 0.3) is 0 Å². The van der Waals surface area contributed by atoms with Crippen LogP contribution in [0.3, 0.4) is 0 Å². The molecule has 0 aromatic heterocycles. The molecule has 1 aromatic rings. The van der Waals surface area contributed by atoms with Crippen molar-refractivity contribution in [3.63, 3.8) is 0 Å². The molecule has 0 saturated carbocycles. The summed E-state index contributed by atoms with van der Waals surface area (Å²) in [6, 6.07) is 1.42. The second kappa shape index (κ2) is 9.74. The molecular formula is C19H22ClF3INO4. The first-order valence-electron chi connectivity index (χ1n) is 8.93. The highest BCUT2D eigenvalue weighted by Crippen LogP contribution is 2.45. The van der Waals surface area contributed by atoms with Crippen molar-refractivity contribution in [1.82, 2.24) is 5.48 Å². The van der Waals surface area contributed by atoms with Gasteiger partial charge >= 0.3 is 12.1 Å². The Balaban J connectivity index is 2.42. The zero-order valence-corrected chi connectivity index (χ0v) is 19.2. The van der Waals surface area contributed by atoms with Gasteiger partial charge < -0.3 is 14.3 Å². The molecule has 0 unspecified atom stereocenters. The maximum Gasteiger partial charge on any atom is 0.430 e. The van der Waals surface area contributed by atoms with Gasteiger partial charge in [-0.15, -0.1) is 5.48 Å². The van der Waals surface area contributed by atoms with E-state index in [4.69, 9.17) is 25.9 Å². The molecule has 1 aliphatic rings. The molecule has 2 rings (SSSR count). The second-order valence-corrected chi connectivity index (χ2v) is 9.30. The number of rotatable bonds is 7. The van der Waals surface area contributed by atoms with E-state index >= 15 is 0 Å². The summed E-state index contributed by atoms with van der Waals surface area (Å²) in [7, 11) is 0. The van der Waals surface area contributed by atoms with Gasteiger partial charge in [-0.1, -0.05) is 48.0 Å². The third-order valence-corrected chi connectivity index (χ3v) is 4.60. The third kappa shape index (κ3) is 6.14. The molecule has 10 heteroatoms. The van der Waals surface area contributed by atoms with Crippen molar-refractivity contribution in [2.75, 3.05) is 6.61 Å². The zero-order valence-electron chi connectivity index (χ0n) is 16.3. The number of benzene rings is 1. The summed E-state index contributed by atoms with van der Waals surface area (Å²) < 4.78 is 51.4. The largest absolute Gasteiger partial charge is 0.492 e. The number of hydroxylamine groups is 1. The predicted octanol–water partition coefficient (Wildman–Crippen LogP) is 5.61. The van der Waals surface area contributed by atoms with Crippen molar-refractivity contribution in [3.8, 4) is 11.5 Å². The fraction of sp³-hybridized carbons (Fsp3) is 0.526. The topological polar surface area (TPSA) is 56.8 Å². The van der Waals surface area contributed by atoms with Crippen LogP contribution in [0.2, 0.25) is 5.02 Å². The summed E-state index contributed by atoms with van der Waals surface area (Å²) in [5.74, 6) is -0.532. The van der Waals surface area contributed by atoms with Crippen LogP contribution in [0.15, 0.2) is 11.6 Å². The second-order valence-electron chi connectivity index (χ2n) is 7.02. The standard InChI is InChI=1S/C19H22ClF3INO4/c1-9(2)5-6-27-16-10(3)15-12(8-14(16)20)7-13(17(28-15)19(21,22)23)18(26)29-25-11(4)24/h7-9,11,17,25H,5-6H2,1-4H3/t11-,17+/m1/s1. The predicted molar refractivity (Wildman–Crippen MR) is 112 cm³/mol. The number of halogens is 5. The number of carbonyl (C=O) groups excluding carboxylic acids is 1. The Morgan fingerprint density at radius 3 is 2.59 bits per heavy atom. The maximum absolute atomic E-state index is 13.6. The Bertz CT molecular complexity index is 797. The van der Waals surface area contributed by atoms with Crippen molar-refractivity contribution < 1.29 is 32.3 Å². The van der Waals surface area contributed by atoms with Crippen molar-refractivity contribution in [3.05, 3.63) is 27.8 Å². The van der Waals surface area contributed by atoms with Crippen molar-refractivity contribution >= 4 is 46.2 Å². The summed E-state index contributed by atoms with van der Waals surface area (Å²) in [5, 5.41) is 0.224. The number of ether oxygens (including phenoxy) is 2. The molecule has 0 spiro atoms. The van der Waals surface area contributed by atoms with Crippen LogP contribution in [-0.4, -0.2) is 28.9 Å². The van der Waals surface area contributed by atoms with Crippen LogP contribution < -0.4 is 15.0 Å². The smallest absolute Gasteiger partial charge is 0.430 e. The van der Waals surface area contributed by atoms with E-state index < -0.39 is 23.8 Å². The highest BCUT2D eigenvalue weighted by Gasteiger charge is 2.49. The van der Waals surface area contributed by atoms with E-state index in [1.54, 1.807) is 13.8 Å². The van der Waals surface area contributed by atoms with Crippen LogP contribution in [0.1, 0.15) is 38.3 Å². The number of hydrogen-bond acceptors (Lipinski definition) is 5. The molecule has 1 heterocycles. The maximum atomic E-state index is 13.6. The van der Waals surface area contributed by atoms with E-state index in [1.165, 1.54) is 6.07 Å². The average molecular weight is 548 g/mol. The molecule has 1 aliphatic heterocycles. The lowest BCUT2D eigenvalue weighted by Gasteiger charge is -2.29. The Labute approximate surface area is 186 Å². The van der Waals surface area contributed by atoms with E-state index in [9.17, 15) is 18.0 Å². The molecule has 0 bridgehead atoms. The third-order valence-electron chi connectivity index (χ3n) is 4.06. The molecule has 0 fully saturated rings. The van der Waals surface area contributed by atoms with Gasteiger partial charge in [0.05, 0.1) is 21.3 Å². The van der Waals surface area contributed by atoms with Crippen molar-refractivity contribution in [1.29, 1.82) is 0 Å². The minimum atomic E-state index is -4.82. The Kier molecular flexibility index (Phi) is 8.08. The lowest BCUT2D eigenvalue weighted by Crippen LogP contribution is -2.42. The molecular weight excluding hydrogens is 526 g/mol. The number of carbonyl (C=O) groups is 1. The van der Waals surface area contributed by atoms with E-state index in [-0.39, 0.29) is 26.1 Å². The SMILES string of the molecule is Cc1c(OCCC(C)C)c(Cl)cc2c1O[C@H](C(F)(F)F)C(C(=O)ON[C@H](C)I)=C2. The van der Waals surface area contributed by atoms with Gasteiger partial charge in [-0.2, -0.15) is 13.2 Å². The fourth-order valence-electron chi connectivity index (χ4n) is 2.63. The van der Waals surface area contributed by atoms with Gasteiger partial charge in [0, 0.05) is 11.1 Å². The summed E-state index contributed by atoms with van der Waals surface area (Å²) in [4.78, 5) is 17.0. The molecule has 0 radical (unpaired) electrons. The van der Waals surface area contributed by atoms with E-state index in [2.05, 4.69) is 5.48 Å². The van der Waals surface area contributed by atoms with Crippen LogP contribution in [0.25, 0.3) is 6.08 Å². The highest BCUT2D eigenvalue weighted by atomic mass is 127. The number of nitrogens with one attached hydrogen (secondary N) is 1. The summed E-state index contributed by atoms with van der Waals surface area (Å²) in [6.45, 7) is 7.66. The van der Waals surface area contributed by atoms with Gasteiger partial charge in [-0.05, 0) is 38.3 Å². The molecule has 0 aliphatic carbocycles. The molecule has 5 nitrogen and oxygen atoms in total. The van der Waals surface area contributed by atoms with Crippen LogP contribution in [0, 0.1) is 12.8 Å². The van der Waals surface area contributed by atoms with Gasteiger partial charge in [0.2, 0.25) is 6.10 Å². The fourth-order valence-corrected chi connectivity index (χ4v) is 3.07. The molecule has 29 heavy (non-hydrogen) atoms. The molecule has 162 valence electrons. The molecule has 2 atom stereocenters. The van der Waals surface area contributed by atoms with Crippen molar-refractivity contribution in [2.24, 2.45) is 5.92 Å². The van der Waals surface area contributed by atoms with E-state index in [0.717, 1.165) is 12.5 Å². The normalized spacial score (nSPS) is 17.3. The number of alkyl halides is 4. The Morgan fingerprint density at radius 2 is 2.03 bits per heavy atom. The molecule has 1 N–H and O–H groups in total. The quantitative estimate of drug-likeness (QED) is 0.208. The minimum Gasteiger partial charge on any atom is -0.492 e. The van der Waals surface area contributed by atoms with Gasteiger partial charge in [-0.3, -0.25) is 0 Å². The lowest BCUT2D eigenvalue weighted by atomic mass is 9.98. The van der Waals surface area contributed by atoms with Gasteiger partial charge in [0.1, 0.15) is 11.5 Å². The average Bonchev–Trinajstić information content (AvgIpc) is 2.60. The van der Waals surface area contributed by atoms with Crippen LogP contribution in [-0.2, 0) is 9.63 Å². The minimum absolute atomic E-state index is 0.0250. The monoisotopic (exact) mass is 547 g/mol. The number of hydrogen-bond donors (Lipinski definition) is 1. The van der Waals surface area contributed by atoms with Crippen LogP contribution >= 0.6 is 34.2 Å². The summed E-state index contributed by atoms with van der Waals surface area (Å²) in [5.41, 5.74) is 2.25. The number of fused-ring (bicyclic) bond motifs is 1. The summed E-state index contributed by atoms with van der Waals surface area (Å²) >= 11 is 8.18. The highest BCUT2D eigenvalue weighted by molar-refractivity contribution is 14.1. The summed E-state index contributed by atoms with van der Waals surface area (Å²) in [6.07, 6.45) is -5.42. The van der Waals surface area contributed by atoms with E-state index in [0.29, 0.717) is 18.1 Å². The van der Waals surface area contributed by atoms with Crippen molar-refractivity contribution in [2.45, 2.75) is 50.4 Å². The van der Waals surface area contributed by atoms with Crippen LogP contribution in [0.5, 0.6) is 11.5 Å². The first kappa shape index (κ1) is 24.1.